The van der Waals surface area contributed by atoms with Crippen LogP contribution in [0.15, 0.2) is 22.7 Å². The lowest BCUT2D eigenvalue weighted by Crippen LogP contribution is -2.43. The van der Waals surface area contributed by atoms with Gasteiger partial charge in [-0.3, -0.25) is 0 Å². The van der Waals surface area contributed by atoms with Gasteiger partial charge in [-0.2, -0.15) is 0 Å². The van der Waals surface area contributed by atoms with Gasteiger partial charge in [0, 0.05) is 23.2 Å². The smallest absolute Gasteiger partial charge is 0.326 e. The fraction of sp³-hybridized carbons (Fsp3) is 0.385. The molecule has 20 heavy (non-hydrogen) atoms. The summed E-state index contributed by atoms with van der Waals surface area (Å²) in [4.78, 5) is 22.7. The molecule has 1 aromatic rings. The van der Waals surface area contributed by atoms with Crippen LogP contribution in [-0.2, 0) is 11.2 Å². The Hall–Kier alpha value is -1.60. The molecule has 1 atom stereocenters. The number of amides is 2. The normalized spacial score (nSPS) is 11.8. The van der Waals surface area contributed by atoms with Gasteiger partial charge in [-0.25, -0.2) is 9.59 Å². The van der Waals surface area contributed by atoms with E-state index >= 15 is 0 Å². The van der Waals surface area contributed by atoms with E-state index in [-0.39, 0.29) is 13.0 Å². The van der Waals surface area contributed by atoms with E-state index in [1.54, 1.807) is 12.1 Å². The Morgan fingerprint density at radius 3 is 2.65 bits per heavy atom. The third kappa shape index (κ3) is 4.82. The zero-order valence-electron chi connectivity index (χ0n) is 11.0. The summed E-state index contributed by atoms with van der Waals surface area (Å²) in [6.45, 7) is 1.65. The van der Waals surface area contributed by atoms with Gasteiger partial charge in [-0.1, -0.05) is 22.9 Å². The number of urea groups is 1. The molecule has 4 N–H and O–H groups in total. The van der Waals surface area contributed by atoms with Gasteiger partial charge in [0.2, 0.25) is 0 Å². The summed E-state index contributed by atoms with van der Waals surface area (Å²) in [5, 5.41) is 22.6. The Kier molecular flexibility index (Phi) is 6.47. The molecule has 1 aromatic carbocycles. The lowest BCUT2D eigenvalue weighted by atomic mass is 10.1. The summed E-state index contributed by atoms with van der Waals surface area (Å²) in [6.07, 6.45) is 0.692. The molecule has 0 fully saturated rings. The number of hydrogen-bond acceptors (Lipinski definition) is 3. The number of benzene rings is 1. The highest BCUT2D eigenvalue weighted by molar-refractivity contribution is 9.10. The molecule has 0 unspecified atom stereocenters. The number of hydrogen-bond donors (Lipinski definition) is 4. The number of carbonyl (C=O) groups is 2. The minimum atomic E-state index is -1.18. The highest BCUT2D eigenvalue weighted by Crippen LogP contribution is 2.21. The van der Waals surface area contributed by atoms with Crippen molar-refractivity contribution in [2.75, 3.05) is 11.9 Å². The lowest BCUT2D eigenvalue weighted by Gasteiger charge is -2.15. The Bertz CT molecular complexity index is 493. The van der Waals surface area contributed by atoms with E-state index in [1.165, 1.54) is 0 Å². The van der Waals surface area contributed by atoms with Crippen LogP contribution in [0.4, 0.5) is 10.5 Å². The van der Waals surface area contributed by atoms with Crippen LogP contribution in [-0.4, -0.2) is 34.9 Å². The minimum Gasteiger partial charge on any atom is -0.480 e. The van der Waals surface area contributed by atoms with E-state index in [0.717, 1.165) is 16.5 Å². The molecular weight excluding hydrogens is 328 g/mol. The van der Waals surface area contributed by atoms with Crippen LogP contribution in [0.3, 0.4) is 0 Å². The largest absolute Gasteiger partial charge is 0.480 e. The molecule has 6 nitrogen and oxygen atoms in total. The first-order chi connectivity index (χ1) is 9.47. The Labute approximate surface area is 125 Å². The monoisotopic (exact) mass is 344 g/mol. The maximum Gasteiger partial charge on any atom is 0.326 e. The van der Waals surface area contributed by atoms with Gasteiger partial charge in [0.25, 0.3) is 0 Å². The fourth-order valence-corrected chi connectivity index (χ4v) is 2.09. The van der Waals surface area contributed by atoms with Crippen molar-refractivity contribution in [2.45, 2.75) is 25.8 Å². The van der Waals surface area contributed by atoms with Crippen LogP contribution >= 0.6 is 15.9 Å². The van der Waals surface area contributed by atoms with Gasteiger partial charge >= 0.3 is 12.0 Å². The van der Waals surface area contributed by atoms with E-state index in [4.69, 9.17) is 10.2 Å². The van der Waals surface area contributed by atoms with Crippen molar-refractivity contribution in [1.82, 2.24) is 5.32 Å². The second-order valence-electron chi connectivity index (χ2n) is 4.16. The zero-order chi connectivity index (χ0) is 15.1. The van der Waals surface area contributed by atoms with Gasteiger partial charge in [0.15, 0.2) is 0 Å². The van der Waals surface area contributed by atoms with Crippen LogP contribution in [0.1, 0.15) is 18.9 Å². The summed E-state index contributed by atoms with van der Waals surface area (Å²) < 4.78 is 0.906. The first-order valence-electron chi connectivity index (χ1n) is 6.17. The molecule has 110 valence electrons. The quantitative estimate of drug-likeness (QED) is 0.633. The van der Waals surface area contributed by atoms with Gasteiger partial charge in [-0.15, -0.1) is 0 Å². The topological polar surface area (TPSA) is 98.7 Å². The second-order valence-corrected chi connectivity index (χ2v) is 5.07. The van der Waals surface area contributed by atoms with Crippen molar-refractivity contribution >= 4 is 33.6 Å². The second kappa shape index (κ2) is 7.86. The summed E-state index contributed by atoms with van der Waals surface area (Å²) in [6, 6.07) is 3.70. The minimum absolute atomic E-state index is 0.0380. The first-order valence-corrected chi connectivity index (χ1v) is 6.96. The van der Waals surface area contributed by atoms with Gasteiger partial charge in [0.1, 0.15) is 6.04 Å². The molecule has 1 rings (SSSR count). The number of nitrogens with one attached hydrogen (secondary N) is 2. The molecule has 2 amide bonds. The number of carbonyl (C=O) groups excluding carboxylic acids is 1. The number of rotatable bonds is 6. The summed E-state index contributed by atoms with van der Waals surface area (Å²) in [7, 11) is 0. The molecule has 0 aromatic heterocycles. The number of aryl methyl sites for hydroxylation is 1. The number of carboxylic acid groups (broad SMARTS) is 1. The number of anilines is 1. The molecule has 0 aliphatic carbocycles. The standard InChI is InChI=1S/C13H17BrN2O4/c1-2-8-7-9(14)3-4-10(8)15-13(20)16-11(5-6-17)12(18)19/h3-4,7,11,17H,2,5-6H2,1H3,(H,18,19)(H2,15,16,20)/t11-/m0/s1. The number of aliphatic hydroxyl groups is 1. The van der Waals surface area contributed by atoms with Crippen molar-refractivity contribution in [1.29, 1.82) is 0 Å². The average molecular weight is 345 g/mol. The predicted molar refractivity (Wildman–Crippen MR) is 78.8 cm³/mol. The maximum atomic E-state index is 11.8. The molecule has 0 aliphatic rings. The Balaban J connectivity index is 2.73. The summed E-state index contributed by atoms with van der Waals surface area (Å²) in [5.41, 5.74) is 1.56. The van der Waals surface area contributed by atoms with E-state index in [2.05, 4.69) is 26.6 Å². The molecule has 0 aliphatic heterocycles. The van der Waals surface area contributed by atoms with Crippen LogP contribution < -0.4 is 10.6 Å². The van der Waals surface area contributed by atoms with Crippen LogP contribution in [0, 0.1) is 0 Å². The van der Waals surface area contributed by atoms with Crippen molar-refractivity contribution in [3.63, 3.8) is 0 Å². The van der Waals surface area contributed by atoms with E-state index in [0.29, 0.717) is 5.69 Å². The number of carboxylic acids is 1. The van der Waals surface area contributed by atoms with E-state index in [9.17, 15) is 9.59 Å². The molecule has 0 saturated heterocycles. The third-order valence-electron chi connectivity index (χ3n) is 2.72. The van der Waals surface area contributed by atoms with Crippen molar-refractivity contribution in [2.24, 2.45) is 0 Å². The number of aliphatic hydroxyl groups excluding tert-OH is 1. The molecule has 0 saturated carbocycles. The lowest BCUT2D eigenvalue weighted by molar-refractivity contribution is -0.139. The van der Waals surface area contributed by atoms with Crippen molar-refractivity contribution in [3.8, 4) is 0 Å². The highest BCUT2D eigenvalue weighted by atomic mass is 79.9. The highest BCUT2D eigenvalue weighted by Gasteiger charge is 2.19. The van der Waals surface area contributed by atoms with Gasteiger partial charge in [-0.05, 0) is 30.2 Å². The Morgan fingerprint density at radius 1 is 1.40 bits per heavy atom. The average Bonchev–Trinajstić information content (AvgIpc) is 2.40. The zero-order valence-corrected chi connectivity index (χ0v) is 12.6. The third-order valence-corrected chi connectivity index (χ3v) is 3.21. The summed E-state index contributed by atoms with van der Waals surface area (Å²) >= 11 is 3.35. The van der Waals surface area contributed by atoms with Crippen LogP contribution in [0.25, 0.3) is 0 Å². The van der Waals surface area contributed by atoms with Crippen molar-refractivity contribution in [3.05, 3.63) is 28.2 Å². The molecule has 0 radical (unpaired) electrons. The summed E-state index contributed by atoms with van der Waals surface area (Å²) in [5.74, 6) is -1.18. The molecule has 7 heteroatoms. The molecule has 0 spiro atoms. The van der Waals surface area contributed by atoms with E-state index < -0.39 is 18.0 Å². The van der Waals surface area contributed by atoms with Gasteiger partial charge < -0.3 is 20.8 Å². The molecule has 0 bridgehead atoms. The first kappa shape index (κ1) is 16.5. The van der Waals surface area contributed by atoms with Gasteiger partial charge in [0.05, 0.1) is 0 Å². The van der Waals surface area contributed by atoms with Crippen LogP contribution in [0.2, 0.25) is 0 Å². The molecule has 0 heterocycles. The molecular formula is C13H17BrN2O4. The maximum absolute atomic E-state index is 11.8. The fourth-order valence-electron chi connectivity index (χ4n) is 1.68. The van der Waals surface area contributed by atoms with Crippen LogP contribution in [0.5, 0.6) is 0 Å². The van der Waals surface area contributed by atoms with E-state index in [1.807, 2.05) is 13.0 Å². The van der Waals surface area contributed by atoms with Crippen molar-refractivity contribution < 1.29 is 19.8 Å². The predicted octanol–water partition coefficient (Wildman–Crippen LogP) is 1.97. The number of halogens is 1. The SMILES string of the molecule is CCc1cc(Br)ccc1NC(=O)N[C@@H](CCO)C(=O)O. The Morgan fingerprint density at radius 2 is 2.10 bits per heavy atom. The number of aliphatic carboxylic acids is 1.